The second-order valence-electron chi connectivity index (χ2n) is 5.06. The topological polar surface area (TPSA) is 38.7 Å². The van der Waals surface area contributed by atoms with Gasteiger partial charge in [-0.2, -0.15) is 0 Å². The lowest BCUT2D eigenvalue weighted by molar-refractivity contribution is -0.115. The van der Waals surface area contributed by atoms with Crippen molar-refractivity contribution in [3.8, 4) is 5.75 Å². The van der Waals surface area contributed by atoms with Gasteiger partial charge in [0, 0.05) is 6.42 Å². The van der Waals surface area contributed by atoms with Crippen molar-refractivity contribution in [1.29, 1.82) is 0 Å². The molecule has 1 fully saturated rings. The molecule has 0 atom stereocenters. The molecular formula is C16H14O3. The average molecular weight is 254 g/mol. The molecule has 19 heavy (non-hydrogen) atoms. The zero-order valence-electron chi connectivity index (χ0n) is 10.4. The Kier molecular flexibility index (Phi) is 2.22. The molecule has 2 aromatic carbocycles. The highest BCUT2D eigenvalue weighted by Crippen LogP contribution is 2.36. The first kappa shape index (κ1) is 11.0. The quantitative estimate of drug-likeness (QED) is 0.785. The highest BCUT2D eigenvalue weighted by atomic mass is 16.7. The number of hydrogen-bond acceptors (Lipinski definition) is 3. The monoisotopic (exact) mass is 254 g/mol. The smallest absolute Gasteiger partial charge is 0.192 e. The number of fused-ring (bicyclic) bond motifs is 3. The Balaban J connectivity index is 1.88. The Labute approximate surface area is 111 Å². The predicted molar refractivity (Wildman–Crippen MR) is 73.0 cm³/mol. The van der Waals surface area contributed by atoms with Crippen molar-refractivity contribution in [3.63, 3.8) is 0 Å². The number of hydrogen-bond donors (Lipinski definition) is 1. The molecule has 1 spiro atoms. The summed E-state index contributed by atoms with van der Waals surface area (Å²) in [5.41, 5.74) is 2.42. The molecule has 96 valence electrons. The van der Waals surface area contributed by atoms with Crippen LogP contribution in [0.2, 0.25) is 0 Å². The molecule has 1 N–H and O–H groups in total. The Hall–Kier alpha value is -1.84. The predicted octanol–water partition coefficient (Wildman–Crippen LogP) is 2.86. The van der Waals surface area contributed by atoms with Crippen LogP contribution in [0.3, 0.4) is 0 Å². The van der Waals surface area contributed by atoms with Gasteiger partial charge in [0.1, 0.15) is 5.75 Å². The van der Waals surface area contributed by atoms with Crippen molar-refractivity contribution in [2.24, 2.45) is 0 Å². The van der Waals surface area contributed by atoms with Crippen LogP contribution in [0.5, 0.6) is 5.75 Å². The summed E-state index contributed by atoms with van der Waals surface area (Å²) in [6.45, 7) is 1.31. The van der Waals surface area contributed by atoms with E-state index >= 15 is 0 Å². The molecule has 0 bridgehead atoms. The largest absolute Gasteiger partial charge is 0.508 e. The van der Waals surface area contributed by atoms with Gasteiger partial charge in [-0.05, 0) is 40.1 Å². The molecule has 0 amide bonds. The van der Waals surface area contributed by atoms with Crippen molar-refractivity contribution in [1.82, 2.24) is 0 Å². The van der Waals surface area contributed by atoms with E-state index in [-0.39, 0.29) is 0 Å². The maximum Gasteiger partial charge on any atom is 0.192 e. The molecule has 3 nitrogen and oxygen atoms in total. The van der Waals surface area contributed by atoms with Gasteiger partial charge in [0.05, 0.1) is 13.2 Å². The minimum atomic E-state index is -0.558. The maximum atomic E-state index is 9.54. The number of phenolic OH excluding ortho intramolecular Hbond substituents is 1. The Morgan fingerprint density at radius 1 is 1.05 bits per heavy atom. The van der Waals surface area contributed by atoms with E-state index in [0.717, 1.165) is 17.2 Å². The van der Waals surface area contributed by atoms with Gasteiger partial charge in [0.15, 0.2) is 5.79 Å². The summed E-state index contributed by atoms with van der Waals surface area (Å²) < 4.78 is 11.4. The zero-order chi connectivity index (χ0) is 12.9. The van der Waals surface area contributed by atoms with Gasteiger partial charge in [-0.15, -0.1) is 0 Å². The van der Waals surface area contributed by atoms with Gasteiger partial charge in [0.2, 0.25) is 0 Å². The van der Waals surface area contributed by atoms with Gasteiger partial charge >= 0.3 is 0 Å². The number of rotatable bonds is 0. The molecule has 1 heterocycles. The van der Waals surface area contributed by atoms with E-state index in [1.807, 2.05) is 18.2 Å². The summed E-state index contributed by atoms with van der Waals surface area (Å²) in [6, 6.07) is 9.60. The molecule has 1 saturated heterocycles. The van der Waals surface area contributed by atoms with Crippen LogP contribution in [-0.2, 0) is 15.9 Å². The molecule has 2 aromatic rings. The Morgan fingerprint density at radius 3 is 2.74 bits per heavy atom. The fourth-order valence-corrected chi connectivity index (χ4v) is 2.94. The lowest BCUT2D eigenvalue weighted by Crippen LogP contribution is -2.32. The van der Waals surface area contributed by atoms with E-state index in [0.29, 0.717) is 19.0 Å². The van der Waals surface area contributed by atoms with Crippen LogP contribution in [-0.4, -0.2) is 24.1 Å². The molecule has 0 saturated carbocycles. The summed E-state index contributed by atoms with van der Waals surface area (Å²) in [5.74, 6) is -0.261. The normalized spacial score (nSPS) is 20.0. The van der Waals surface area contributed by atoms with Crippen molar-refractivity contribution in [3.05, 3.63) is 47.5 Å². The van der Waals surface area contributed by atoms with Gasteiger partial charge in [0.25, 0.3) is 0 Å². The first-order chi connectivity index (χ1) is 9.26. The van der Waals surface area contributed by atoms with Crippen LogP contribution < -0.4 is 0 Å². The molecule has 1 aliphatic heterocycles. The second-order valence-corrected chi connectivity index (χ2v) is 5.06. The third kappa shape index (κ3) is 1.66. The van der Waals surface area contributed by atoms with E-state index in [1.165, 1.54) is 11.1 Å². The van der Waals surface area contributed by atoms with Crippen LogP contribution >= 0.6 is 0 Å². The average Bonchev–Trinajstić information content (AvgIpc) is 2.86. The van der Waals surface area contributed by atoms with Crippen LogP contribution in [0.25, 0.3) is 16.8 Å². The Morgan fingerprint density at radius 2 is 1.89 bits per heavy atom. The molecular weight excluding hydrogens is 240 g/mol. The molecule has 2 aliphatic rings. The number of ether oxygens (including phenoxy) is 2. The molecule has 1 aliphatic carbocycles. The van der Waals surface area contributed by atoms with Crippen LogP contribution in [0.4, 0.5) is 0 Å². The zero-order valence-corrected chi connectivity index (χ0v) is 10.4. The minimum Gasteiger partial charge on any atom is -0.508 e. The van der Waals surface area contributed by atoms with Crippen LogP contribution in [0.1, 0.15) is 11.1 Å². The van der Waals surface area contributed by atoms with Crippen LogP contribution in [0.15, 0.2) is 36.4 Å². The van der Waals surface area contributed by atoms with E-state index < -0.39 is 5.79 Å². The first-order valence-corrected chi connectivity index (χ1v) is 6.48. The van der Waals surface area contributed by atoms with Crippen molar-refractivity contribution in [2.45, 2.75) is 12.2 Å². The molecule has 4 rings (SSSR count). The first-order valence-electron chi connectivity index (χ1n) is 6.48. The SMILES string of the molecule is Oc1ccc2c3c(ccc2c1)CC1(C=C3)OCCO1. The molecule has 0 aromatic heterocycles. The molecule has 0 radical (unpaired) electrons. The van der Waals surface area contributed by atoms with Crippen molar-refractivity contribution in [2.75, 3.05) is 13.2 Å². The highest BCUT2D eigenvalue weighted by Gasteiger charge is 2.36. The molecule has 0 unspecified atom stereocenters. The maximum absolute atomic E-state index is 9.54. The lowest BCUT2D eigenvalue weighted by atomic mass is 9.89. The van der Waals surface area contributed by atoms with Gasteiger partial charge in [-0.25, -0.2) is 0 Å². The van der Waals surface area contributed by atoms with Gasteiger partial charge < -0.3 is 14.6 Å². The third-order valence-corrected chi connectivity index (χ3v) is 3.85. The number of aromatic hydroxyl groups is 1. The number of benzene rings is 2. The summed E-state index contributed by atoms with van der Waals surface area (Å²) >= 11 is 0. The standard InChI is InChI=1S/C16H14O3/c17-13-3-4-14-11(9-13)1-2-12-10-16(6-5-15(12)14)18-7-8-19-16/h1-6,9,17H,7-8,10H2. The van der Waals surface area contributed by atoms with Crippen molar-refractivity contribution >= 4 is 16.8 Å². The Bertz CT molecular complexity index is 682. The fraction of sp³-hybridized carbons (Fsp3) is 0.250. The lowest BCUT2D eigenvalue weighted by Gasteiger charge is -2.28. The van der Waals surface area contributed by atoms with Gasteiger partial charge in [-0.3, -0.25) is 0 Å². The highest BCUT2D eigenvalue weighted by molar-refractivity contribution is 5.93. The van der Waals surface area contributed by atoms with Crippen molar-refractivity contribution < 1.29 is 14.6 Å². The van der Waals surface area contributed by atoms with E-state index in [2.05, 4.69) is 12.1 Å². The minimum absolute atomic E-state index is 0.297. The third-order valence-electron chi connectivity index (χ3n) is 3.85. The second kappa shape index (κ2) is 3.83. The van der Waals surface area contributed by atoms with E-state index in [1.54, 1.807) is 12.1 Å². The summed E-state index contributed by atoms with van der Waals surface area (Å²) in [7, 11) is 0. The number of phenols is 1. The summed E-state index contributed by atoms with van der Waals surface area (Å²) in [5, 5.41) is 11.7. The van der Waals surface area contributed by atoms with E-state index in [4.69, 9.17) is 9.47 Å². The van der Waals surface area contributed by atoms with Crippen LogP contribution in [0, 0.1) is 0 Å². The fourth-order valence-electron chi connectivity index (χ4n) is 2.94. The summed E-state index contributed by atoms with van der Waals surface area (Å²) in [6.07, 6.45) is 4.83. The van der Waals surface area contributed by atoms with Gasteiger partial charge in [-0.1, -0.05) is 24.3 Å². The van der Waals surface area contributed by atoms with E-state index in [9.17, 15) is 5.11 Å². The summed E-state index contributed by atoms with van der Waals surface area (Å²) in [4.78, 5) is 0. The molecule has 3 heteroatoms.